The SMILES string of the molecule is C/C=C/c1cc(=O)c2c(CC(C)=O)cc(O)cc2o1. The molecule has 4 heteroatoms. The number of Topliss-reactive ketones (excluding diaryl/α,β-unsaturated/α-hetero) is 1. The number of allylic oxidation sites excluding steroid dienone is 1. The van der Waals surface area contributed by atoms with Gasteiger partial charge in [0, 0.05) is 18.6 Å². The predicted molar refractivity (Wildman–Crippen MR) is 73.2 cm³/mol. The molecule has 0 aliphatic heterocycles. The van der Waals surface area contributed by atoms with Crippen molar-refractivity contribution in [3.8, 4) is 5.75 Å². The molecule has 0 amide bonds. The monoisotopic (exact) mass is 258 g/mol. The third kappa shape index (κ3) is 2.73. The summed E-state index contributed by atoms with van der Waals surface area (Å²) in [6.45, 7) is 3.25. The topological polar surface area (TPSA) is 67.5 Å². The summed E-state index contributed by atoms with van der Waals surface area (Å²) in [5, 5.41) is 9.99. The van der Waals surface area contributed by atoms with E-state index in [2.05, 4.69) is 0 Å². The van der Waals surface area contributed by atoms with Crippen molar-refractivity contribution >= 4 is 22.8 Å². The van der Waals surface area contributed by atoms with Crippen LogP contribution in [0.3, 0.4) is 0 Å². The van der Waals surface area contributed by atoms with Gasteiger partial charge >= 0.3 is 0 Å². The van der Waals surface area contributed by atoms with E-state index in [4.69, 9.17) is 4.42 Å². The number of rotatable bonds is 3. The van der Waals surface area contributed by atoms with Gasteiger partial charge in [0.25, 0.3) is 0 Å². The largest absolute Gasteiger partial charge is 0.508 e. The first kappa shape index (κ1) is 13.1. The van der Waals surface area contributed by atoms with Gasteiger partial charge in [-0.1, -0.05) is 6.08 Å². The Balaban J connectivity index is 2.78. The Labute approximate surface area is 110 Å². The zero-order chi connectivity index (χ0) is 14.0. The van der Waals surface area contributed by atoms with Gasteiger partial charge in [-0.15, -0.1) is 0 Å². The summed E-state index contributed by atoms with van der Waals surface area (Å²) in [4.78, 5) is 23.3. The number of fused-ring (bicyclic) bond motifs is 1. The molecule has 0 fully saturated rings. The molecule has 1 aromatic heterocycles. The van der Waals surface area contributed by atoms with E-state index in [-0.39, 0.29) is 29.0 Å². The van der Waals surface area contributed by atoms with Gasteiger partial charge in [-0.3, -0.25) is 9.59 Å². The number of benzene rings is 1. The number of carbonyl (C=O) groups excluding carboxylic acids is 1. The summed E-state index contributed by atoms with van der Waals surface area (Å²) in [6, 6.07) is 4.19. The van der Waals surface area contributed by atoms with Crippen molar-refractivity contribution in [3.05, 3.63) is 45.8 Å². The Morgan fingerprint density at radius 3 is 2.74 bits per heavy atom. The third-order valence-corrected chi connectivity index (χ3v) is 2.69. The Morgan fingerprint density at radius 2 is 2.11 bits per heavy atom. The molecule has 1 aromatic carbocycles. The highest BCUT2D eigenvalue weighted by molar-refractivity contribution is 5.88. The lowest BCUT2D eigenvalue weighted by Crippen LogP contribution is -2.06. The third-order valence-electron chi connectivity index (χ3n) is 2.69. The molecular formula is C15H14O4. The van der Waals surface area contributed by atoms with Gasteiger partial charge in [-0.25, -0.2) is 0 Å². The summed E-state index contributed by atoms with van der Waals surface area (Å²) < 4.78 is 5.53. The molecule has 0 unspecified atom stereocenters. The molecule has 1 heterocycles. The number of hydrogen-bond acceptors (Lipinski definition) is 4. The zero-order valence-corrected chi connectivity index (χ0v) is 10.8. The van der Waals surface area contributed by atoms with Crippen LogP contribution in [0.1, 0.15) is 25.2 Å². The standard InChI is InChI=1S/C15H14O4/c1-3-4-12-8-13(18)15-10(5-9(2)16)6-11(17)7-14(15)19-12/h3-4,6-8,17H,5H2,1-2H3/b4-3+. The molecule has 0 saturated carbocycles. The van der Waals surface area contributed by atoms with E-state index in [1.807, 2.05) is 6.92 Å². The fourth-order valence-electron chi connectivity index (χ4n) is 2.03. The number of aromatic hydroxyl groups is 1. The van der Waals surface area contributed by atoms with E-state index in [9.17, 15) is 14.7 Å². The highest BCUT2D eigenvalue weighted by atomic mass is 16.3. The molecule has 0 aliphatic rings. The molecule has 19 heavy (non-hydrogen) atoms. The molecule has 98 valence electrons. The average Bonchev–Trinajstić information content (AvgIpc) is 2.26. The molecule has 0 saturated heterocycles. The smallest absolute Gasteiger partial charge is 0.193 e. The number of phenolic OH excluding ortho intramolecular Hbond substituents is 1. The lowest BCUT2D eigenvalue weighted by atomic mass is 10.0. The Kier molecular flexibility index (Phi) is 3.51. The fourth-order valence-corrected chi connectivity index (χ4v) is 2.03. The first-order chi connectivity index (χ1) is 9.01. The molecular weight excluding hydrogens is 244 g/mol. The maximum Gasteiger partial charge on any atom is 0.193 e. The Morgan fingerprint density at radius 1 is 1.37 bits per heavy atom. The second-order valence-corrected chi connectivity index (χ2v) is 4.37. The van der Waals surface area contributed by atoms with Crippen LogP contribution in [0.15, 0.2) is 33.5 Å². The maximum absolute atomic E-state index is 12.1. The summed E-state index contributed by atoms with van der Waals surface area (Å²) in [7, 11) is 0. The van der Waals surface area contributed by atoms with E-state index in [1.165, 1.54) is 25.1 Å². The highest BCUT2D eigenvalue weighted by Gasteiger charge is 2.12. The van der Waals surface area contributed by atoms with Crippen molar-refractivity contribution < 1.29 is 14.3 Å². The van der Waals surface area contributed by atoms with E-state index in [0.717, 1.165) is 0 Å². The molecule has 2 rings (SSSR count). The van der Waals surface area contributed by atoms with Crippen molar-refractivity contribution in [1.82, 2.24) is 0 Å². The van der Waals surface area contributed by atoms with Crippen LogP contribution >= 0.6 is 0 Å². The predicted octanol–water partition coefficient (Wildman–Crippen LogP) is 2.66. The van der Waals surface area contributed by atoms with Crippen LogP contribution < -0.4 is 5.43 Å². The molecule has 0 radical (unpaired) electrons. The summed E-state index contributed by atoms with van der Waals surface area (Å²) in [6.07, 6.45) is 3.51. The number of ketones is 1. The molecule has 0 spiro atoms. The average molecular weight is 258 g/mol. The summed E-state index contributed by atoms with van der Waals surface area (Å²) in [5.74, 6) is 0.313. The molecule has 0 aliphatic carbocycles. The molecule has 0 bridgehead atoms. The van der Waals surface area contributed by atoms with Crippen LogP contribution in [-0.4, -0.2) is 10.9 Å². The van der Waals surface area contributed by atoms with E-state index < -0.39 is 0 Å². The molecule has 1 N–H and O–H groups in total. The minimum absolute atomic E-state index is 0.0236. The zero-order valence-electron chi connectivity index (χ0n) is 10.8. The van der Waals surface area contributed by atoms with Crippen molar-refractivity contribution in [2.45, 2.75) is 20.3 Å². The van der Waals surface area contributed by atoms with Gasteiger partial charge in [-0.2, -0.15) is 0 Å². The number of phenols is 1. The molecule has 2 aromatic rings. The number of carbonyl (C=O) groups is 1. The van der Waals surface area contributed by atoms with Gasteiger partial charge in [0.2, 0.25) is 0 Å². The van der Waals surface area contributed by atoms with Gasteiger partial charge in [0.15, 0.2) is 5.43 Å². The van der Waals surface area contributed by atoms with Crippen LogP contribution in [-0.2, 0) is 11.2 Å². The van der Waals surface area contributed by atoms with Crippen LogP contribution in [0.25, 0.3) is 17.0 Å². The van der Waals surface area contributed by atoms with Crippen LogP contribution in [0, 0.1) is 0 Å². The minimum Gasteiger partial charge on any atom is -0.508 e. The van der Waals surface area contributed by atoms with Crippen molar-refractivity contribution in [3.63, 3.8) is 0 Å². The molecule has 4 nitrogen and oxygen atoms in total. The quantitative estimate of drug-likeness (QED) is 0.919. The van der Waals surface area contributed by atoms with Crippen LogP contribution in [0.5, 0.6) is 5.75 Å². The minimum atomic E-state index is -0.217. The van der Waals surface area contributed by atoms with Gasteiger partial charge in [0.1, 0.15) is 22.9 Å². The summed E-state index contributed by atoms with van der Waals surface area (Å²) in [5.41, 5.74) is 0.561. The lowest BCUT2D eigenvalue weighted by molar-refractivity contribution is -0.116. The van der Waals surface area contributed by atoms with Crippen LogP contribution in [0.2, 0.25) is 0 Å². The lowest BCUT2D eigenvalue weighted by Gasteiger charge is -2.06. The van der Waals surface area contributed by atoms with Crippen LogP contribution in [0.4, 0.5) is 0 Å². The van der Waals surface area contributed by atoms with E-state index in [1.54, 1.807) is 12.2 Å². The first-order valence-electron chi connectivity index (χ1n) is 5.93. The summed E-state index contributed by atoms with van der Waals surface area (Å²) >= 11 is 0. The second-order valence-electron chi connectivity index (χ2n) is 4.37. The molecule has 0 atom stereocenters. The van der Waals surface area contributed by atoms with Gasteiger partial charge in [0.05, 0.1) is 5.39 Å². The van der Waals surface area contributed by atoms with Crippen molar-refractivity contribution in [2.75, 3.05) is 0 Å². The first-order valence-corrected chi connectivity index (χ1v) is 5.93. The fraction of sp³-hybridized carbons (Fsp3) is 0.200. The number of hydrogen-bond donors (Lipinski definition) is 1. The second kappa shape index (κ2) is 5.10. The Bertz CT molecular complexity index is 723. The maximum atomic E-state index is 12.1. The van der Waals surface area contributed by atoms with Gasteiger partial charge < -0.3 is 9.52 Å². The Hall–Kier alpha value is -2.36. The van der Waals surface area contributed by atoms with E-state index in [0.29, 0.717) is 16.7 Å². The van der Waals surface area contributed by atoms with Crippen molar-refractivity contribution in [1.29, 1.82) is 0 Å². The normalized spacial score (nSPS) is 11.3. The van der Waals surface area contributed by atoms with E-state index >= 15 is 0 Å². The van der Waals surface area contributed by atoms with Crippen molar-refractivity contribution in [2.24, 2.45) is 0 Å². The highest BCUT2D eigenvalue weighted by Crippen LogP contribution is 2.24. The van der Waals surface area contributed by atoms with Gasteiger partial charge in [-0.05, 0) is 31.6 Å².